The second kappa shape index (κ2) is 6.83. The number of ether oxygens (including phenoxy) is 1. The van der Waals surface area contributed by atoms with Gasteiger partial charge in [-0.25, -0.2) is 8.78 Å². The van der Waals surface area contributed by atoms with Gasteiger partial charge in [0.1, 0.15) is 17.4 Å². The first-order valence-electron chi connectivity index (χ1n) is 6.57. The van der Waals surface area contributed by atoms with Gasteiger partial charge in [-0.1, -0.05) is 19.1 Å². The molecule has 0 aromatic heterocycles. The van der Waals surface area contributed by atoms with Crippen LogP contribution in [-0.4, -0.2) is 12.0 Å². The van der Waals surface area contributed by atoms with Gasteiger partial charge >= 0.3 is 0 Å². The summed E-state index contributed by atoms with van der Waals surface area (Å²) in [5.74, 6) is -0.965. The highest BCUT2D eigenvalue weighted by Gasteiger charge is 2.19. The molecule has 0 spiro atoms. The molecule has 5 heteroatoms. The fourth-order valence-electron chi connectivity index (χ4n) is 1.78. The van der Waals surface area contributed by atoms with Crippen LogP contribution < -0.4 is 10.1 Å². The van der Waals surface area contributed by atoms with E-state index in [-0.39, 0.29) is 11.5 Å². The second-order valence-electron chi connectivity index (χ2n) is 4.44. The summed E-state index contributed by atoms with van der Waals surface area (Å²) in [4.78, 5) is 12.1. The number of halogens is 2. The van der Waals surface area contributed by atoms with E-state index in [0.29, 0.717) is 12.2 Å². The molecule has 3 nitrogen and oxygen atoms in total. The Hall–Kier alpha value is -2.43. The molecule has 0 saturated carbocycles. The SMILES string of the molecule is CCC(Oc1ccc(F)cc1)C(=O)Nc1ccccc1F. The van der Waals surface area contributed by atoms with Crippen molar-refractivity contribution in [3.63, 3.8) is 0 Å². The van der Waals surface area contributed by atoms with Crippen LogP contribution in [0.4, 0.5) is 14.5 Å². The predicted octanol–water partition coefficient (Wildman–Crippen LogP) is 3.76. The van der Waals surface area contributed by atoms with Crippen LogP contribution in [0.25, 0.3) is 0 Å². The van der Waals surface area contributed by atoms with Crippen molar-refractivity contribution in [2.45, 2.75) is 19.4 Å². The monoisotopic (exact) mass is 291 g/mol. The average Bonchev–Trinajstić information content (AvgIpc) is 2.49. The molecule has 1 unspecified atom stereocenters. The number of benzene rings is 2. The molecule has 2 aromatic rings. The molecule has 1 N–H and O–H groups in total. The number of anilines is 1. The van der Waals surface area contributed by atoms with Crippen molar-refractivity contribution >= 4 is 11.6 Å². The maximum atomic E-state index is 13.5. The molecule has 1 atom stereocenters. The number of para-hydroxylation sites is 1. The topological polar surface area (TPSA) is 38.3 Å². The lowest BCUT2D eigenvalue weighted by Crippen LogP contribution is -2.32. The predicted molar refractivity (Wildman–Crippen MR) is 76.1 cm³/mol. The Kier molecular flexibility index (Phi) is 4.87. The molecule has 0 bridgehead atoms. The lowest BCUT2D eigenvalue weighted by molar-refractivity contribution is -0.122. The van der Waals surface area contributed by atoms with Crippen LogP contribution in [0.3, 0.4) is 0 Å². The van der Waals surface area contributed by atoms with Crippen LogP contribution >= 0.6 is 0 Å². The molecule has 0 saturated heterocycles. The zero-order valence-corrected chi connectivity index (χ0v) is 11.5. The van der Waals surface area contributed by atoms with E-state index < -0.39 is 17.8 Å². The van der Waals surface area contributed by atoms with E-state index in [9.17, 15) is 13.6 Å². The van der Waals surface area contributed by atoms with Gasteiger partial charge in [0.2, 0.25) is 0 Å². The quantitative estimate of drug-likeness (QED) is 0.911. The molecule has 0 aliphatic carbocycles. The molecule has 1 amide bonds. The van der Waals surface area contributed by atoms with Crippen molar-refractivity contribution in [3.05, 3.63) is 60.2 Å². The third-order valence-corrected chi connectivity index (χ3v) is 2.89. The minimum absolute atomic E-state index is 0.101. The van der Waals surface area contributed by atoms with Crippen LogP contribution in [0.2, 0.25) is 0 Å². The number of hydrogen-bond acceptors (Lipinski definition) is 2. The molecule has 0 radical (unpaired) electrons. The van der Waals surface area contributed by atoms with Gasteiger partial charge in [-0.15, -0.1) is 0 Å². The first-order valence-corrected chi connectivity index (χ1v) is 6.57. The smallest absolute Gasteiger partial charge is 0.265 e. The van der Waals surface area contributed by atoms with Crippen molar-refractivity contribution in [1.29, 1.82) is 0 Å². The van der Waals surface area contributed by atoms with Gasteiger partial charge < -0.3 is 10.1 Å². The highest BCUT2D eigenvalue weighted by Crippen LogP contribution is 2.17. The van der Waals surface area contributed by atoms with E-state index in [1.165, 1.54) is 42.5 Å². The molecule has 0 fully saturated rings. The Labute approximate surface area is 121 Å². The number of amides is 1. The Bertz CT molecular complexity index is 614. The zero-order chi connectivity index (χ0) is 15.2. The van der Waals surface area contributed by atoms with Gasteiger partial charge in [-0.2, -0.15) is 0 Å². The van der Waals surface area contributed by atoms with Gasteiger partial charge in [0, 0.05) is 0 Å². The van der Waals surface area contributed by atoms with Gasteiger partial charge in [-0.05, 0) is 42.8 Å². The van der Waals surface area contributed by atoms with E-state index in [2.05, 4.69) is 5.32 Å². The van der Waals surface area contributed by atoms with Crippen LogP contribution in [-0.2, 0) is 4.79 Å². The lowest BCUT2D eigenvalue weighted by Gasteiger charge is -2.17. The van der Waals surface area contributed by atoms with Crippen LogP contribution in [0.15, 0.2) is 48.5 Å². The Balaban J connectivity index is 2.05. The van der Waals surface area contributed by atoms with Crippen molar-refractivity contribution in [2.24, 2.45) is 0 Å². The summed E-state index contributed by atoms with van der Waals surface area (Å²) in [6.45, 7) is 1.77. The van der Waals surface area contributed by atoms with Gasteiger partial charge in [-0.3, -0.25) is 4.79 Å². The fraction of sp³-hybridized carbons (Fsp3) is 0.188. The summed E-state index contributed by atoms with van der Waals surface area (Å²) >= 11 is 0. The maximum absolute atomic E-state index is 13.5. The zero-order valence-electron chi connectivity index (χ0n) is 11.5. The summed E-state index contributed by atoms with van der Waals surface area (Å²) in [7, 11) is 0. The first-order chi connectivity index (χ1) is 10.1. The number of rotatable bonds is 5. The van der Waals surface area contributed by atoms with Gasteiger partial charge in [0.25, 0.3) is 5.91 Å². The largest absolute Gasteiger partial charge is 0.481 e. The lowest BCUT2D eigenvalue weighted by atomic mass is 10.2. The van der Waals surface area contributed by atoms with E-state index in [1.807, 2.05) is 0 Å². The Morgan fingerprint density at radius 3 is 2.43 bits per heavy atom. The van der Waals surface area contributed by atoms with Crippen molar-refractivity contribution in [1.82, 2.24) is 0 Å². The molecule has 0 heterocycles. The number of carbonyl (C=O) groups excluding carboxylic acids is 1. The normalized spacial score (nSPS) is 11.8. The molecule has 21 heavy (non-hydrogen) atoms. The van der Waals surface area contributed by atoms with E-state index >= 15 is 0 Å². The molecular formula is C16H15F2NO2. The molecule has 110 valence electrons. The summed E-state index contributed by atoms with van der Waals surface area (Å²) in [5, 5.41) is 2.48. The van der Waals surface area contributed by atoms with Gasteiger partial charge in [0.15, 0.2) is 6.10 Å². The van der Waals surface area contributed by atoms with Crippen LogP contribution in [0.1, 0.15) is 13.3 Å². The molecule has 0 aliphatic heterocycles. The summed E-state index contributed by atoms with van der Waals surface area (Å²) in [6, 6.07) is 11.3. The standard InChI is InChI=1S/C16H15F2NO2/c1-2-15(21-12-9-7-11(17)8-10-12)16(20)19-14-6-4-3-5-13(14)18/h3-10,15H,2H2,1H3,(H,19,20). The fourth-order valence-corrected chi connectivity index (χ4v) is 1.78. The minimum atomic E-state index is -0.782. The molecule has 2 rings (SSSR count). The third kappa shape index (κ3) is 4.02. The Morgan fingerprint density at radius 2 is 1.81 bits per heavy atom. The van der Waals surface area contributed by atoms with E-state index in [4.69, 9.17) is 4.74 Å². The highest BCUT2D eigenvalue weighted by molar-refractivity contribution is 5.94. The number of carbonyl (C=O) groups is 1. The summed E-state index contributed by atoms with van der Waals surface area (Å²) in [5.41, 5.74) is 0.101. The molecular weight excluding hydrogens is 276 g/mol. The van der Waals surface area contributed by atoms with Crippen molar-refractivity contribution < 1.29 is 18.3 Å². The highest BCUT2D eigenvalue weighted by atomic mass is 19.1. The maximum Gasteiger partial charge on any atom is 0.265 e. The average molecular weight is 291 g/mol. The van der Waals surface area contributed by atoms with E-state index in [0.717, 1.165) is 0 Å². The number of hydrogen-bond donors (Lipinski definition) is 1. The molecule has 0 aliphatic rings. The van der Waals surface area contributed by atoms with Crippen LogP contribution in [0, 0.1) is 11.6 Å². The van der Waals surface area contributed by atoms with Crippen molar-refractivity contribution in [3.8, 4) is 5.75 Å². The summed E-state index contributed by atoms with van der Waals surface area (Å²) in [6.07, 6.45) is -0.382. The van der Waals surface area contributed by atoms with Crippen LogP contribution in [0.5, 0.6) is 5.75 Å². The first kappa shape index (κ1) is 15.0. The van der Waals surface area contributed by atoms with Gasteiger partial charge in [0.05, 0.1) is 5.69 Å². The second-order valence-corrected chi connectivity index (χ2v) is 4.44. The number of nitrogens with one attached hydrogen (secondary N) is 1. The summed E-state index contributed by atoms with van der Waals surface area (Å²) < 4.78 is 31.8. The van der Waals surface area contributed by atoms with E-state index in [1.54, 1.807) is 13.0 Å². The third-order valence-electron chi connectivity index (χ3n) is 2.89. The Morgan fingerprint density at radius 1 is 1.14 bits per heavy atom. The molecule has 2 aromatic carbocycles. The minimum Gasteiger partial charge on any atom is -0.481 e. The van der Waals surface area contributed by atoms with Crippen molar-refractivity contribution in [2.75, 3.05) is 5.32 Å².